The summed E-state index contributed by atoms with van der Waals surface area (Å²) in [4.78, 5) is 0. The van der Waals surface area contributed by atoms with E-state index in [2.05, 4.69) is 5.16 Å². The molecule has 0 aliphatic rings. The molecule has 0 fully saturated rings. The average Bonchev–Trinajstić information content (AvgIpc) is 2.49. The number of rotatable bonds is 5. The van der Waals surface area contributed by atoms with E-state index in [-0.39, 0.29) is 5.84 Å². The first-order chi connectivity index (χ1) is 9.74. The summed E-state index contributed by atoms with van der Waals surface area (Å²) < 4.78 is 11.1. The molecule has 3 N–H and O–H groups in total. The van der Waals surface area contributed by atoms with Crippen LogP contribution in [0.4, 0.5) is 0 Å². The Labute approximate surface area is 117 Å². The number of amidine groups is 1. The fourth-order valence-electron chi connectivity index (χ4n) is 1.72. The van der Waals surface area contributed by atoms with Gasteiger partial charge in [0.2, 0.25) is 0 Å². The number of nitrogens with two attached hydrogens (primary N) is 1. The minimum absolute atomic E-state index is 0.00605. The zero-order valence-corrected chi connectivity index (χ0v) is 11.1. The molecule has 0 spiro atoms. The second-order valence-corrected chi connectivity index (χ2v) is 3.99. The van der Waals surface area contributed by atoms with Gasteiger partial charge in [-0.15, -0.1) is 0 Å². The Balaban J connectivity index is 2.21. The maximum absolute atomic E-state index is 8.77. The highest BCUT2D eigenvalue weighted by atomic mass is 16.5. The van der Waals surface area contributed by atoms with Crippen molar-refractivity contribution in [1.82, 2.24) is 0 Å². The van der Waals surface area contributed by atoms with Crippen LogP contribution in [0, 0.1) is 0 Å². The predicted octanol–water partition coefficient (Wildman–Crippen LogP) is 2.97. The summed E-state index contributed by atoms with van der Waals surface area (Å²) in [5.74, 6) is 1.95. The lowest BCUT2D eigenvalue weighted by molar-refractivity contribution is 0.318. The monoisotopic (exact) mass is 272 g/mol. The van der Waals surface area contributed by atoms with Gasteiger partial charge in [-0.1, -0.05) is 17.3 Å². The molecule has 104 valence electrons. The summed E-state index contributed by atoms with van der Waals surface area (Å²) >= 11 is 0. The van der Waals surface area contributed by atoms with Crippen LogP contribution in [0.3, 0.4) is 0 Å². The summed E-state index contributed by atoms with van der Waals surface area (Å²) in [6, 6.07) is 14.3. The molecule has 0 amide bonds. The standard InChI is InChI=1S/C15H16N2O3/c1-2-19-11-7-9-12(10-8-11)20-14-6-4-3-5-13(14)15(16)17-18/h3-10,18H,2H2,1H3,(H2,16,17). The van der Waals surface area contributed by atoms with Gasteiger partial charge >= 0.3 is 0 Å². The van der Waals surface area contributed by atoms with Crippen LogP contribution in [-0.4, -0.2) is 17.6 Å². The Morgan fingerprint density at radius 2 is 1.75 bits per heavy atom. The minimum atomic E-state index is 0.00605. The molecule has 0 aliphatic carbocycles. The summed E-state index contributed by atoms with van der Waals surface area (Å²) in [5, 5.41) is 11.8. The Morgan fingerprint density at radius 3 is 2.40 bits per heavy atom. The lowest BCUT2D eigenvalue weighted by atomic mass is 10.2. The molecule has 0 saturated heterocycles. The molecule has 2 aromatic carbocycles. The van der Waals surface area contributed by atoms with Crippen molar-refractivity contribution < 1.29 is 14.7 Å². The molecule has 0 aromatic heterocycles. The lowest BCUT2D eigenvalue weighted by Gasteiger charge is -2.10. The first-order valence-electron chi connectivity index (χ1n) is 6.22. The molecule has 5 heteroatoms. The van der Waals surface area contributed by atoms with Gasteiger partial charge in [0, 0.05) is 0 Å². The Morgan fingerprint density at radius 1 is 1.10 bits per heavy atom. The van der Waals surface area contributed by atoms with Crippen molar-refractivity contribution in [3.8, 4) is 17.2 Å². The van der Waals surface area contributed by atoms with Crippen LogP contribution in [0.15, 0.2) is 53.7 Å². The maximum atomic E-state index is 8.77. The minimum Gasteiger partial charge on any atom is -0.494 e. The number of hydrogen-bond donors (Lipinski definition) is 2. The van der Waals surface area contributed by atoms with E-state index in [0.717, 1.165) is 5.75 Å². The van der Waals surface area contributed by atoms with Gasteiger partial charge in [0.15, 0.2) is 5.84 Å². The summed E-state index contributed by atoms with van der Waals surface area (Å²) in [6.07, 6.45) is 0. The third-order valence-corrected chi connectivity index (χ3v) is 2.63. The fourth-order valence-corrected chi connectivity index (χ4v) is 1.72. The van der Waals surface area contributed by atoms with E-state index in [4.69, 9.17) is 20.4 Å². The number of ether oxygens (including phenoxy) is 2. The smallest absolute Gasteiger partial charge is 0.173 e. The second-order valence-electron chi connectivity index (χ2n) is 3.99. The molecule has 0 saturated carbocycles. The molecule has 0 aliphatic heterocycles. The number of para-hydroxylation sites is 1. The van der Waals surface area contributed by atoms with E-state index in [1.807, 2.05) is 25.1 Å². The van der Waals surface area contributed by atoms with E-state index in [0.29, 0.717) is 23.7 Å². The van der Waals surface area contributed by atoms with Gasteiger partial charge in [0.1, 0.15) is 17.2 Å². The quantitative estimate of drug-likeness (QED) is 0.379. The van der Waals surface area contributed by atoms with E-state index in [9.17, 15) is 0 Å². The molecule has 20 heavy (non-hydrogen) atoms. The van der Waals surface area contributed by atoms with Gasteiger partial charge in [-0.3, -0.25) is 0 Å². The molecular weight excluding hydrogens is 256 g/mol. The molecule has 5 nitrogen and oxygen atoms in total. The Hall–Kier alpha value is -2.69. The van der Waals surface area contributed by atoms with Crippen LogP contribution in [0.2, 0.25) is 0 Å². The van der Waals surface area contributed by atoms with Crippen LogP contribution in [0.5, 0.6) is 17.2 Å². The molecule has 2 rings (SSSR count). The predicted molar refractivity (Wildman–Crippen MR) is 76.6 cm³/mol. The van der Waals surface area contributed by atoms with Gasteiger partial charge in [0.25, 0.3) is 0 Å². The highest BCUT2D eigenvalue weighted by Gasteiger charge is 2.08. The van der Waals surface area contributed by atoms with E-state index in [1.165, 1.54) is 0 Å². The summed E-state index contributed by atoms with van der Waals surface area (Å²) in [5.41, 5.74) is 6.14. The average molecular weight is 272 g/mol. The SMILES string of the molecule is CCOc1ccc(Oc2ccccc2/C(N)=N/O)cc1. The van der Waals surface area contributed by atoms with Crippen LogP contribution in [-0.2, 0) is 0 Å². The maximum Gasteiger partial charge on any atom is 0.173 e. The Bertz CT molecular complexity index is 594. The number of oxime groups is 1. The molecule has 0 unspecified atom stereocenters. The molecule has 0 atom stereocenters. The third kappa shape index (κ3) is 3.20. The highest BCUT2D eigenvalue weighted by Crippen LogP contribution is 2.26. The molecule has 2 aromatic rings. The van der Waals surface area contributed by atoms with Gasteiger partial charge in [-0.25, -0.2) is 0 Å². The lowest BCUT2D eigenvalue weighted by Crippen LogP contribution is -2.14. The number of benzene rings is 2. The fraction of sp³-hybridized carbons (Fsp3) is 0.133. The van der Waals surface area contributed by atoms with Crippen molar-refractivity contribution in [3.63, 3.8) is 0 Å². The van der Waals surface area contributed by atoms with Crippen LogP contribution in [0.25, 0.3) is 0 Å². The number of nitrogens with zero attached hydrogens (tertiary/aromatic N) is 1. The van der Waals surface area contributed by atoms with Crippen molar-refractivity contribution in [2.45, 2.75) is 6.92 Å². The van der Waals surface area contributed by atoms with E-state index < -0.39 is 0 Å². The van der Waals surface area contributed by atoms with Crippen LogP contribution in [0.1, 0.15) is 12.5 Å². The zero-order valence-electron chi connectivity index (χ0n) is 11.1. The van der Waals surface area contributed by atoms with E-state index >= 15 is 0 Å². The zero-order chi connectivity index (χ0) is 14.4. The van der Waals surface area contributed by atoms with Gasteiger partial charge < -0.3 is 20.4 Å². The summed E-state index contributed by atoms with van der Waals surface area (Å²) in [7, 11) is 0. The van der Waals surface area contributed by atoms with Gasteiger partial charge in [-0.2, -0.15) is 0 Å². The Kier molecular flexibility index (Phi) is 4.44. The van der Waals surface area contributed by atoms with Crippen molar-refractivity contribution in [3.05, 3.63) is 54.1 Å². The van der Waals surface area contributed by atoms with Crippen molar-refractivity contribution in [1.29, 1.82) is 0 Å². The second kappa shape index (κ2) is 6.47. The van der Waals surface area contributed by atoms with Crippen molar-refractivity contribution in [2.24, 2.45) is 10.9 Å². The topological polar surface area (TPSA) is 77.1 Å². The third-order valence-electron chi connectivity index (χ3n) is 2.63. The van der Waals surface area contributed by atoms with Crippen LogP contribution < -0.4 is 15.2 Å². The molecule has 0 heterocycles. The molecule has 0 bridgehead atoms. The molecule has 0 radical (unpaired) electrons. The van der Waals surface area contributed by atoms with E-state index in [1.54, 1.807) is 30.3 Å². The highest BCUT2D eigenvalue weighted by molar-refractivity contribution is 5.99. The normalized spacial score (nSPS) is 11.2. The molecular formula is C15H16N2O3. The summed E-state index contributed by atoms with van der Waals surface area (Å²) in [6.45, 7) is 2.55. The van der Waals surface area contributed by atoms with Crippen LogP contribution >= 0.6 is 0 Å². The van der Waals surface area contributed by atoms with Gasteiger partial charge in [-0.05, 0) is 43.3 Å². The largest absolute Gasteiger partial charge is 0.494 e. The van der Waals surface area contributed by atoms with Crippen molar-refractivity contribution in [2.75, 3.05) is 6.61 Å². The first kappa shape index (κ1) is 13.7. The van der Waals surface area contributed by atoms with Crippen molar-refractivity contribution >= 4 is 5.84 Å². The first-order valence-corrected chi connectivity index (χ1v) is 6.22. The number of hydrogen-bond acceptors (Lipinski definition) is 4. The van der Waals surface area contributed by atoms with Gasteiger partial charge in [0.05, 0.1) is 12.2 Å².